The third-order valence-electron chi connectivity index (χ3n) is 1.17. The summed E-state index contributed by atoms with van der Waals surface area (Å²) in [6.07, 6.45) is 1.30. The fraction of sp³-hybridized carbons (Fsp3) is 1.00. The Hall–Kier alpha value is -0.0800. The third-order valence-corrected chi connectivity index (χ3v) is 1.17. The van der Waals surface area contributed by atoms with Crippen LogP contribution in [0.15, 0.2) is 0 Å². The van der Waals surface area contributed by atoms with Gasteiger partial charge in [0.25, 0.3) is 0 Å². The topological polar surface area (TPSA) is 35.2 Å². The van der Waals surface area contributed by atoms with Gasteiger partial charge in [0.05, 0.1) is 12.7 Å². The molecule has 9 heavy (non-hydrogen) atoms. The largest absolute Gasteiger partial charge is 0.377 e. The van der Waals surface area contributed by atoms with Crippen LogP contribution in [0.2, 0.25) is 0 Å². The first-order valence-electron chi connectivity index (χ1n) is 3.54. The maximum absolute atomic E-state index is 5.60. The zero-order valence-corrected chi connectivity index (χ0v) is 6.55. The van der Waals surface area contributed by atoms with Gasteiger partial charge in [0.15, 0.2) is 0 Å². The molecule has 0 heterocycles. The summed E-state index contributed by atoms with van der Waals surface area (Å²) in [7, 11) is 0. The first kappa shape index (κ1) is 8.92. The molecule has 0 aliphatic carbocycles. The lowest BCUT2D eigenvalue weighted by atomic mass is 10.3. The Bertz CT molecular complexity index is 63.9. The number of hydrogen-bond donors (Lipinski definition) is 1. The fourth-order valence-corrected chi connectivity index (χ4v) is 0.434. The molecule has 0 aromatic heterocycles. The van der Waals surface area contributed by atoms with Crippen LogP contribution in [0.25, 0.3) is 0 Å². The Morgan fingerprint density at radius 2 is 2.00 bits per heavy atom. The van der Waals surface area contributed by atoms with Crippen LogP contribution in [0.5, 0.6) is 0 Å². The van der Waals surface area contributed by atoms with E-state index in [2.05, 4.69) is 6.92 Å². The second-order valence-corrected chi connectivity index (χ2v) is 2.55. The van der Waals surface area contributed by atoms with Crippen molar-refractivity contribution in [3.8, 4) is 0 Å². The smallest absolute Gasteiger partial charge is 0.0620 e. The maximum atomic E-state index is 5.60. The molecule has 0 aliphatic rings. The van der Waals surface area contributed by atoms with Crippen molar-refractivity contribution < 1.29 is 4.74 Å². The Balaban J connectivity index is 3.06. The lowest BCUT2D eigenvalue weighted by Crippen LogP contribution is -2.26. The molecule has 0 rings (SSSR count). The summed E-state index contributed by atoms with van der Waals surface area (Å²) in [5, 5.41) is 0. The predicted molar refractivity (Wildman–Crippen MR) is 39.4 cm³/mol. The highest BCUT2D eigenvalue weighted by Gasteiger charge is 1.99. The van der Waals surface area contributed by atoms with E-state index in [1.54, 1.807) is 0 Å². The zero-order chi connectivity index (χ0) is 7.28. The molecule has 0 bridgehead atoms. The quantitative estimate of drug-likeness (QED) is 0.621. The molecule has 0 saturated heterocycles. The minimum absolute atomic E-state index is 0.215. The summed E-state index contributed by atoms with van der Waals surface area (Å²) < 4.78 is 5.27. The Morgan fingerprint density at radius 3 is 2.33 bits per heavy atom. The van der Waals surface area contributed by atoms with Crippen LogP contribution in [0.1, 0.15) is 27.2 Å². The zero-order valence-electron chi connectivity index (χ0n) is 6.55. The predicted octanol–water partition coefficient (Wildman–Crippen LogP) is 1.15. The van der Waals surface area contributed by atoms with Gasteiger partial charge in [0, 0.05) is 6.04 Å². The fourth-order valence-electron chi connectivity index (χ4n) is 0.434. The van der Waals surface area contributed by atoms with Gasteiger partial charge in [-0.25, -0.2) is 0 Å². The molecule has 56 valence electrons. The monoisotopic (exact) mass is 131 g/mol. The number of rotatable bonds is 4. The Labute approximate surface area is 57.4 Å². The lowest BCUT2D eigenvalue weighted by molar-refractivity contribution is 0.0678. The van der Waals surface area contributed by atoms with Crippen molar-refractivity contribution in [2.75, 3.05) is 6.61 Å². The average molecular weight is 131 g/mol. The molecule has 0 spiro atoms. The Morgan fingerprint density at radius 1 is 1.44 bits per heavy atom. The second kappa shape index (κ2) is 4.77. The van der Waals surface area contributed by atoms with Gasteiger partial charge in [-0.1, -0.05) is 6.92 Å². The van der Waals surface area contributed by atoms with Crippen LogP contribution in [-0.2, 0) is 4.74 Å². The molecule has 0 aromatic rings. The van der Waals surface area contributed by atoms with Crippen LogP contribution in [-0.4, -0.2) is 18.8 Å². The van der Waals surface area contributed by atoms with Crippen molar-refractivity contribution in [3.63, 3.8) is 0 Å². The molecule has 0 amide bonds. The molecule has 1 atom stereocenters. The van der Waals surface area contributed by atoms with E-state index in [4.69, 9.17) is 10.5 Å². The summed E-state index contributed by atoms with van der Waals surface area (Å²) in [4.78, 5) is 0. The minimum Gasteiger partial charge on any atom is -0.377 e. The third kappa shape index (κ3) is 5.80. The molecule has 0 unspecified atom stereocenters. The maximum Gasteiger partial charge on any atom is 0.0620 e. The number of nitrogens with two attached hydrogens (primary N) is 1. The average Bonchev–Trinajstić information content (AvgIpc) is 1.83. The van der Waals surface area contributed by atoms with Crippen molar-refractivity contribution >= 4 is 0 Å². The molecular weight excluding hydrogens is 114 g/mol. The number of hydrogen-bond acceptors (Lipinski definition) is 2. The molecule has 2 heteroatoms. The van der Waals surface area contributed by atoms with Gasteiger partial charge in [0.2, 0.25) is 0 Å². The minimum atomic E-state index is 0.215. The van der Waals surface area contributed by atoms with Crippen LogP contribution in [0.4, 0.5) is 0 Å². The summed E-state index contributed by atoms with van der Waals surface area (Å²) in [6, 6.07) is 0.215. The van der Waals surface area contributed by atoms with Gasteiger partial charge in [-0.3, -0.25) is 0 Å². The molecule has 0 aliphatic heterocycles. The van der Waals surface area contributed by atoms with Crippen molar-refractivity contribution in [2.45, 2.75) is 39.3 Å². The molecular formula is C7H17NO. The molecule has 0 aromatic carbocycles. The van der Waals surface area contributed by atoms with Gasteiger partial charge >= 0.3 is 0 Å². The van der Waals surface area contributed by atoms with E-state index < -0.39 is 0 Å². The molecule has 2 N–H and O–H groups in total. The van der Waals surface area contributed by atoms with Crippen LogP contribution < -0.4 is 5.73 Å². The van der Waals surface area contributed by atoms with Gasteiger partial charge in [-0.2, -0.15) is 0 Å². The molecule has 0 fully saturated rings. The first-order chi connectivity index (χ1) is 4.16. The highest BCUT2D eigenvalue weighted by Crippen LogP contribution is 1.91. The Kier molecular flexibility index (Phi) is 4.72. The second-order valence-electron chi connectivity index (χ2n) is 2.55. The van der Waals surface area contributed by atoms with Gasteiger partial charge in [0.1, 0.15) is 0 Å². The first-order valence-corrected chi connectivity index (χ1v) is 3.54. The van der Waals surface area contributed by atoms with Gasteiger partial charge in [-0.15, -0.1) is 0 Å². The van der Waals surface area contributed by atoms with Gasteiger partial charge < -0.3 is 10.5 Å². The standard InChI is InChI=1S/C7H17NO/c1-4-7(8)5-9-6(2)3/h6-7H,4-5,8H2,1-3H3/t7-/m1/s1. The van der Waals surface area contributed by atoms with Gasteiger partial charge in [-0.05, 0) is 20.3 Å². The van der Waals surface area contributed by atoms with E-state index in [0.29, 0.717) is 12.7 Å². The molecule has 0 radical (unpaired) electrons. The number of ether oxygens (including phenoxy) is 1. The van der Waals surface area contributed by atoms with E-state index in [1.807, 2.05) is 13.8 Å². The highest BCUT2D eigenvalue weighted by molar-refractivity contribution is 4.55. The molecule has 2 nitrogen and oxygen atoms in total. The van der Waals surface area contributed by atoms with E-state index >= 15 is 0 Å². The van der Waals surface area contributed by atoms with Crippen molar-refractivity contribution in [3.05, 3.63) is 0 Å². The van der Waals surface area contributed by atoms with Crippen LogP contribution >= 0.6 is 0 Å². The van der Waals surface area contributed by atoms with E-state index in [1.165, 1.54) is 0 Å². The highest BCUT2D eigenvalue weighted by atomic mass is 16.5. The van der Waals surface area contributed by atoms with E-state index in [9.17, 15) is 0 Å². The summed E-state index contributed by atoms with van der Waals surface area (Å²) >= 11 is 0. The molecule has 0 saturated carbocycles. The summed E-state index contributed by atoms with van der Waals surface area (Å²) in [5.74, 6) is 0. The SMILES string of the molecule is CC[C@@H](N)COC(C)C. The van der Waals surface area contributed by atoms with Crippen molar-refractivity contribution in [1.29, 1.82) is 0 Å². The van der Waals surface area contributed by atoms with Crippen LogP contribution in [0, 0.1) is 0 Å². The normalized spacial score (nSPS) is 14.3. The van der Waals surface area contributed by atoms with E-state index in [0.717, 1.165) is 6.42 Å². The van der Waals surface area contributed by atoms with Crippen molar-refractivity contribution in [1.82, 2.24) is 0 Å². The lowest BCUT2D eigenvalue weighted by Gasteiger charge is -2.11. The van der Waals surface area contributed by atoms with E-state index in [-0.39, 0.29) is 6.04 Å². The summed E-state index contributed by atoms with van der Waals surface area (Å²) in [5.41, 5.74) is 5.60. The van der Waals surface area contributed by atoms with Crippen LogP contribution in [0.3, 0.4) is 0 Å². The summed E-state index contributed by atoms with van der Waals surface area (Å²) in [6.45, 7) is 6.78. The van der Waals surface area contributed by atoms with Crippen molar-refractivity contribution in [2.24, 2.45) is 5.73 Å².